The highest BCUT2D eigenvalue weighted by Gasteiger charge is 2.52. The maximum atomic E-state index is 7.57. The molecule has 10 heterocycles. The molecule has 19 heteroatoms. The predicted octanol–water partition coefficient (Wildman–Crippen LogP) is 9.73. The maximum Gasteiger partial charge on any atom is 0.498 e. The van der Waals surface area contributed by atoms with Gasteiger partial charge in [-0.3, -0.25) is 0 Å². The molecule has 4 aliphatic rings. The van der Waals surface area contributed by atoms with E-state index in [4.69, 9.17) is 57.1 Å². The summed E-state index contributed by atoms with van der Waals surface area (Å²) in [5.74, 6) is 1.58. The minimum atomic E-state index is -0.307. The van der Waals surface area contributed by atoms with Crippen LogP contribution in [-0.4, -0.2) is 121 Å². The van der Waals surface area contributed by atoms with Gasteiger partial charge in [-0.2, -0.15) is 30.1 Å². The van der Waals surface area contributed by atoms with Crippen molar-refractivity contribution in [3.05, 3.63) is 139 Å². The third-order valence-electron chi connectivity index (χ3n) is 13.8. The van der Waals surface area contributed by atoms with Gasteiger partial charge in [-0.15, -0.1) is 0 Å². The molecule has 77 heavy (non-hydrogen) atoms. The summed E-state index contributed by atoms with van der Waals surface area (Å²) in [6, 6.07) is 28.8. The second-order valence-electron chi connectivity index (χ2n) is 20.3. The van der Waals surface area contributed by atoms with E-state index < -0.39 is 0 Å². The first-order valence-electron chi connectivity index (χ1n) is 26.4. The van der Waals surface area contributed by atoms with Crippen LogP contribution in [0.4, 0.5) is 0 Å². The van der Waals surface area contributed by atoms with Crippen LogP contribution in [0.2, 0.25) is 0 Å². The zero-order valence-corrected chi connectivity index (χ0v) is 45.0. The molecule has 18 nitrogen and oxygen atoms in total. The van der Waals surface area contributed by atoms with Crippen molar-refractivity contribution in [2.24, 2.45) is 0 Å². The Morgan fingerprint density at radius 2 is 1.18 bits per heavy atom. The summed E-state index contributed by atoms with van der Waals surface area (Å²) in [4.78, 5) is 18.4. The Morgan fingerprint density at radius 1 is 0.623 bits per heavy atom. The molecule has 8 aromatic rings. The number of nitrogens with zero attached hydrogens (tertiary/aromatic N) is 8. The fourth-order valence-electron chi connectivity index (χ4n) is 8.84. The van der Waals surface area contributed by atoms with Crippen molar-refractivity contribution in [1.29, 1.82) is 0 Å². The van der Waals surface area contributed by atoms with E-state index in [0.29, 0.717) is 49.2 Å². The molecule has 4 saturated heterocycles. The van der Waals surface area contributed by atoms with Crippen LogP contribution in [0.5, 0.6) is 12.0 Å². The molecule has 0 bridgehead atoms. The van der Waals surface area contributed by atoms with E-state index in [1.807, 2.05) is 94.7 Å². The number of aromatic nitrogens is 8. The van der Waals surface area contributed by atoms with Crippen molar-refractivity contribution < 1.29 is 46.9 Å². The molecular formula is C58H69BN8O10. The summed E-state index contributed by atoms with van der Waals surface area (Å²) in [7, 11) is -0.307. The zero-order chi connectivity index (χ0) is 53.8. The van der Waals surface area contributed by atoms with Gasteiger partial charge >= 0.3 is 19.1 Å². The minimum absolute atomic E-state index is 0.0901. The van der Waals surface area contributed by atoms with Crippen LogP contribution in [0.25, 0.3) is 45.4 Å². The number of hydrogen-bond acceptors (Lipinski definition) is 16. The Labute approximate surface area is 450 Å². The highest BCUT2D eigenvalue weighted by atomic mass is 16.7. The summed E-state index contributed by atoms with van der Waals surface area (Å²) in [6.45, 7) is 18.1. The molecule has 3 atom stereocenters. The monoisotopic (exact) mass is 1050 g/mol. The molecule has 0 saturated carbocycles. The molecule has 3 unspecified atom stereocenters. The van der Waals surface area contributed by atoms with Gasteiger partial charge in [0, 0.05) is 79.0 Å². The van der Waals surface area contributed by atoms with Crippen LogP contribution in [0.1, 0.15) is 89.5 Å². The summed E-state index contributed by atoms with van der Waals surface area (Å²) in [6.07, 6.45) is 15.7. The fourth-order valence-corrected chi connectivity index (χ4v) is 8.84. The molecule has 404 valence electrons. The minimum Gasteiger partial charge on any atom is -0.473 e. The van der Waals surface area contributed by atoms with Crippen molar-refractivity contribution in [3.63, 3.8) is 0 Å². The van der Waals surface area contributed by atoms with Crippen molar-refractivity contribution in [2.75, 3.05) is 46.2 Å². The number of furan rings is 2. The molecule has 4 aliphatic heterocycles. The molecule has 2 aromatic carbocycles. The zero-order valence-electron chi connectivity index (χ0n) is 45.0. The van der Waals surface area contributed by atoms with Crippen LogP contribution in [-0.2, 0) is 23.5 Å². The lowest BCUT2D eigenvalue weighted by Gasteiger charge is -2.32. The molecule has 6 aromatic heterocycles. The summed E-state index contributed by atoms with van der Waals surface area (Å²) in [5.41, 5.74) is 9.20. The normalized spacial score (nSPS) is 19.2. The lowest BCUT2D eigenvalue weighted by Crippen LogP contribution is -2.41. The molecule has 4 fully saturated rings. The number of hydrogen-bond donors (Lipinski definition) is 1. The molecule has 0 spiro atoms. The second kappa shape index (κ2) is 25.4. The molecule has 12 rings (SSSR count). The SMILES string of the molecule is CC1(C)OB(c2ccoc2)OC1(C)C.CCO.Cc1cccc(-c2ccn(-c3cc(-c4ccoc4)nc(OCC4CCCO4)n3)n2)c1.Cc1cccc(-c2ccn(-c3cc(C4CCOC4)nc(OCC4CCCO4)n3)n2)c1. The van der Waals surface area contributed by atoms with E-state index >= 15 is 0 Å². The van der Waals surface area contributed by atoms with Gasteiger partial charge in [0.05, 0.1) is 77.8 Å². The van der Waals surface area contributed by atoms with Crippen molar-refractivity contribution in [1.82, 2.24) is 39.5 Å². The first-order chi connectivity index (χ1) is 37.3. The third-order valence-corrected chi connectivity index (χ3v) is 13.8. The number of rotatable bonds is 13. The van der Waals surface area contributed by atoms with Crippen LogP contribution < -0.4 is 14.9 Å². The summed E-state index contributed by atoms with van der Waals surface area (Å²) >= 11 is 0. The standard InChI is InChI=1S/C23H26N4O3.C23H22N4O3.C10H15BO3.C2H6O/c2*1-16-4-2-5-17(12-16)20-7-9-27(26-20)22-13-21(18-8-11-28-14-18)24-23(25-22)30-15-19-6-3-10-29-19;1-9(2)10(3,4)14-11(13-9)8-5-6-12-7-8;1-2-3/h2,4-5,7,9,12-13,18-19H,3,6,8,10-11,14-15H2,1H3;2,4-5,7-9,11-14,19H,3,6,10,15H2,1H3;5-7H,1-4H3;3H,2H2,1H3. The van der Waals surface area contributed by atoms with E-state index in [-0.39, 0.29) is 43.1 Å². The van der Waals surface area contributed by atoms with Gasteiger partial charge in [0.25, 0.3) is 0 Å². The Morgan fingerprint density at radius 3 is 1.68 bits per heavy atom. The Balaban J connectivity index is 0.000000146. The van der Waals surface area contributed by atoms with Gasteiger partial charge in [0.1, 0.15) is 13.2 Å². The Bertz CT molecular complexity index is 3070. The first-order valence-corrected chi connectivity index (χ1v) is 26.4. The van der Waals surface area contributed by atoms with Gasteiger partial charge in [0.15, 0.2) is 11.6 Å². The average Bonchev–Trinajstić information content (AvgIpc) is 4.29. The van der Waals surface area contributed by atoms with E-state index in [2.05, 4.69) is 64.1 Å². The highest BCUT2D eigenvalue weighted by molar-refractivity contribution is 6.62. The quantitative estimate of drug-likeness (QED) is 0.107. The number of aryl methyl sites for hydroxylation is 2. The van der Waals surface area contributed by atoms with Crippen LogP contribution >= 0.6 is 0 Å². The molecular weight excluding hydrogens is 979 g/mol. The smallest absolute Gasteiger partial charge is 0.473 e. The molecule has 0 aliphatic carbocycles. The molecule has 0 amide bonds. The third kappa shape index (κ3) is 14.3. The first kappa shape index (κ1) is 54.8. The van der Waals surface area contributed by atoms with Gasteiger partial charge in [0.2, 0.25) is 0 Å². The lowest BCUT2D eigenvalue weighted by molar-refractivity contribution is 0.00578. The highest BCUT2D eigenvalue weighted by Crippen LogP contribution is 2.36. The van der Waals surface area contributed by atoms with E-state index in [1.165, 1.54) is 11.1 Å². The topological polar surface area (TPSA) is 198 Å². The van der Waals surface area contributed by atoms with Gasteiger partial charge < -0.3 is 46.9 Å². The largest absolute Gasteiger partial charge is 0.498 e. The van der Waals surface area contributed by atoms with Gasteiger partial charge in [-0.1, -0.05) is 47.5 Å². The van der Waals surface area contributed by atoms with E-state index in [1.54, 1.807) is 41.3 Å². The van der Waals surface area contributed by atoms with E-state index in [9.17, 15) is 0 Å². The number of aliphatic hydroxyl groups excluding tert-OH is 1. The van der Waals surface area contributed by atoms with Gasteiger partial charge in [-0.25, -0.2) is 9.36 Å². The van der Waals surface area contributed by atoms with Gasteiger partial charge in [-0.05, 0) is 117 Å². The predicted molar refractivity (Wildman–Crippen MR) is 291 cm³/mol. The summed E-state index contributed by atoms with van der Waals surface area (Å²) in [5, 5.41) is 17.0. The van der Waals surface area contributed by atoms with Crippen LogP contribution in [0.15, 0.2) is 131 Å². The van der Waals surface area contributed by atoms with Crippen molar-refractivity contribution in [3.8, 4) is 57.4 Å². The van der Waals surface area contributed by atoms with E-state index in [0.717, 1.165) is 91.2 Å². The second-order valence-corrected chi connectivity index (χ2v) is 20.3. The Kier molecular flexibility index (Phi) is 18.1. The number of ether oxygens (including phenoxy) is 5. The number of benzene rings is 2. The van der Waals surface area contributed by atoms with Crippen LogP contribution in [0, 0.1) is 13.8 Å². The summed E-state index contributed by atoms with van der Waals surface area (Å²) < 4.78 is 54.1. The molecule has 1 N–H and O–H groups in total. The molecule has 0 radical (unpaired) electrons. The average molecular weight is 1050 g/mol. The van der Waals surface area contributed by atoms with Crippen molar-refractivity contribution in [2.45, 2.75) is 110 Å². The number of aliphatic hydroxyl groups is 1. The Hall–Kier alpha value is -7.00. The lowest BCUT2D eigenvalue weighted by atomic mass is 9.81. The fraction of sp³-hybridized carbons (Fsp3) is 0.414. The van der Waals surface area contributed by atoms with Crippen LogP contribution in [0.3, 0.4) is 0 Å². The maximum absolute atomic E-state index is 7.57. The van der Waals surface area contributed by atoms with Crippen molar-refractivity contribution >= 4 is 12.6 Å².